The van der Waals surface area contributed by atoms with Crippen molar-refractivity contribution >= 4 is 33.2 Å². The van der Waals surface area contributed by atoms with Crippen molar-refractivity contribution in [2.75, 3.05) is 13.1 Å². The van der Waals surface area contributed by atoms with Crippen LogP contribution in [0.25, 0.3) is 6.08 Å². The van der Waals surface area contributed by atoms with E-state index in [9.17, 15) is 13.2 Å². The maximum atomic E-state index is 12.6. The lowest BCUT2D eigenvalue weighted by Gasteiger charge is -2.30. The van der Waals surface area contributed by atoms with Gasteiger partial charge in [0, 0.05) is 31.1 Å². The van der Waals surface area contributed by atoms with Crippen LogP contribution in [-0.4, -0.2) is 52.3 Å². The van der Waals surface area contributed by atoms with Crippen molar-refractivity contribution < 1.29 is 13.2 Å². The van der Waals surface area contributed by atoms with Gasteiger partial charge in [-0.2, -0.15) is 0 Å². The Bertz CT molecular complexity index is 832. The van der Waals surface area contributed by atoms with Crippen molar-refractivity contribution in [3.05, 3.63) is 34.8 Å². The Labute approximate surface area is 144 Å². The average Bonchev–Trinajstić information content (AvgIpc) is 3.24. The van der Waals surface area contributed by atoms with E-state index >= 15 is 0 Å². The maximum absolute atomic E-state index is 12.6. The number of piperidine rings is 1. The summed E-state index contributed by atoms with van der Waals surface area (Å²) in [6, 6.07) is 3.87. The third kappa shape index (κ3) is 3.41. The highest BCUT2D eigenvalue weighted by Gasteiger charge is 2.35. The van der Waals surface area contributed by atoms with Crippen LogP contribution >= 0.6 is 11.3 Å². The molecule has 7 nitrogen and oxygen atoms in total. The maximum Gasteiger partial charge on any atom is 0.249 e. The molecule has 0 bridgehead atoms. The van der Waals surface area contributed by atoms with E-state index in [0.717, 1.165) is 4.88 Å². The lowest BCUT2D eigenvalue weighted by atomic mass is 10.1. The zero-order valence-corrected chi connectivity index (χ0v) is 14.8. The van der Waals surface area contributed by atoms with Gasteiger partial charge in [-0.15, -0.1) is 21.5 Å². The van der Waals surface area contributed by atoms with Crippen molar-refractivity contribution in [1.82, 2.24) is 19.7 Å². The Balaban J connectivity index is 1.61. The number of hydrogen-bond donors (Lipinski definition) is 0. The van der Waals surface area contributed by atoms with Crippen molar-refractivity contribution in [3.8, 4) is 0 Å². The molecule has 1 amide bonds. The number of thiophene rings is 1. The molecule has 2 aromatic rings. The second-order valence-electron chi connectivity index (χ2n) is 5.64. The molecule has 0 aliphatic carbocycles. The highest BCUT2D eigenvalue weighted by molar-refractivity contribution is 7.91. The number of likely N-dealkylation sites (tertiary alicyclic amines) is 1. The number of carbonyl (C=O) groups excluding carboxylic acids is 1. The minimum absolute atomic E-state index is 0.00938. The molecule has 0 aromatic carbocycles. The van der Waals surface area contributed by atoms with Gasteiger partial charge in [0.2, 0.25) is 20.9 Å². The van der Waals surface area contributed by atoms with Crippen molar-refractivity contribution in [2.24, 2.45) is 7.05 Å². The third-order valence-electron chi connectivity index (χ3n) is 4.05. The standard InChI is InChI=1S/C15H18N4O3S2/c1-18-11-16-17-15(18)24(21,22)13-6-8-19(9-7-13)14(20)5-4-12-3-2-10-23-12/h2-5,10-11,13H,6-9H2,1H3/b5-4+. The smallest absolute Gasteiger partial charge is 0.249 e. The van der Waals surface area contributed by atoms with E-state index < -0.39 is 15.1 Å². The topological polar surface area (TPSA) is 85.2 Å². The molecule has 0 N–H and O–H groups in total. The van der Waals surface area contributed by atoms with Gasteiger partial charge >= 0.3 is 0 Å². The predicted octanol–water partition coefficient (Wildman–Crippen LogP) is 1.35. The first kappa shape index (κ1) is 16.8. The van der Waals surface area contributed by atoms with Gasteiger partial charge in [0.1, 0.15) is 6.33 Å². The number of sulfone groups is 1. The predicted molar refractivity (Wildman–Crippen MR) is 91.1 cm³/mol. The highest BCUT2D eigenvalue weighted by Crippen LogP contribution is 2.23. The van der Waals surface area contributed by atoms with Gasteiger partial charge in [0.25, 0.3) is 0 Å². The molecule has 3 rings (SSSR count). The van der Waals surface area contributed by atoms with Crippen LogP contribution in [0.15, 0.2) is 35.1 Å². The van der Waals surface area contributed by atoms with Crippen LogP contribution in [0, 0.1) is 0 Å². The lowest BCUT2D eigenvalue weighted by Crippen LogP contribution is -2.42. The van der Waals surface area contributed by atoms with Gasteiger partial charge in [-0.05, 0) is 30.4 Å². The van der Waals surface area contributed by atoms with Gasteiger partial charge in [-0.25, -0.2) is 8.42 Å². The fraction of sp³-hybridized carbons (Fsp3) is 0.400. The quantitative estimate of drug-likeness (QED) is 0.763. The summed E-state index contributed by atoms with van der Waals surface area (Å²) >= 11 is 1.56. The molecule has 0 unspecified atom stereocenters. The fourth-order valence-corrected chi connectivity index (χ4v) is 5.07. The molecule has 2 aromatic heterocycles. The number of nitrogens with zero attached hydrogens (tertiary/aromatic N) is 4. The summed E-state index contributed by atoms with van der Waals surface area (Å²) < 4.78 is 26.6. The summed E-state index contributed by atoms with van der Waals surface area (Å²) in [7, 11) is -1.90. The summed E-state index contributed by atoms with van der Waals surface area (Å²) in [4.78, 5) is 14.9. The molecule has 0 atom stereocenters. The molecule has 1 aliphatic heterocycles. The van der Waals surface area contributed by atoms with Gasteiger partial charge < -0.3 is 9.47 Å². The van der Waals surface area contributed by atoms with Gasteiger partial charge in [0.05, 0.1) is 5.25 Å². The Kier molecular flexibility index (Phi) is 4.81. The molecule has 3 heterocycles. The summed E-state index contributed by atoms with van der Waals surface area (Å²) in [5.41, 5.74) is 0. The SMILES string of the molecule is Cn1cnnc1S(=O)(=O)C1CCN(C(=O)/C=C/c2cccs2)CC1. The summed E-state index contributed by atoms with van der Waals surface area (Å²) in [6.45, 7) is 0.852. The summed E-state index contributed by atoms with van der Waals surface area (Å²) in [5.74, 6) is -0.0853. The first-order chi connectivity index (χ1) is 11.5. The minimum atomic E-state index is -3.51. The number of aromatic nitrogens is 3. The third-order valence-corrected chi connectivity index (χ3v) is 7.12. The molecule has 1 saturated heterocycles. The molecule has 0 saturated carbocycles. The fourth-order valence-electron chi connectivity index (χ4n) is 2.71. The Morgan fingerprint density at radius 2 is 2.12 bits per heavy atom. The Hall–Kier alpha value is -2.00. The molecule has 128 valence electrons. The zero-order valence-electron chi connectivity index (χ0n) is 13.2. The molecule has 0 radical (unpaired) electrons. The molecule has 1 aliphatic rings. The molecule has 0 spiro atoms. The van der Waals surface area contributed by atoms with E-state index in [4.69, 9.17) is 0 Å². The summed E-state index contributed by atoms with van der Waals surface area (Å²) in [5, 5.41) is 8.76. The van der Waals surface area contributed by atoms with Crippen molar-refractivity contribution in [2.45, 2.75) is 23.2 Å². The van der Waals surface area contributed by atoms with E-state index in [-0.39, 0.29) is 11.1 Å². The number of amides is 1. The largest absolute Gasteiger partial charge is 0.339 e. The minimum Gasteiger partial charge on any atom is -0.339 e. The first-order valence-corrected chi connectivity index (χ1v) is 9.99. The van der Waals surface area contributed by atoms with E-state index in [1.807, 2.05) is 17.5 Å². The molecule has 1 fully saturated rings. The van der Waals surface area contributed by atoms with Crippen molar-refractivity contribution in [3.63, 3.8) is 0 Å². The Morgan fingerprint density at radius 1 is 1.38 bits per heavy atom. The van der Waals surface area contributed by atoms with Crippen LogP contribution in [0.4, 0.5) is 0 Å². The number of carbonyl (C=O) groups is 1. The highest BCUT2D eigenvalue weighted by atomic mass is 32.2. The molecular formula is C15H18N4O3S2. The van der Waals surface area contributed by atoms with Crippen LogP contribution in [0.5, 0.6) is 0 Å². The van der Waals surface area contributed by atoms with Crippen LogP contribution in [0.2, 0.25) is 0 Å². The van der Waals surface area contributed by atoms with E-state index in [1.165, 1.54) is 10.9 Å². The second kappa shape index (κ2) is 6.86. The summed E-state index contributed by atoms with van der Waals surface area (Å²) in [6.07, 6.45) is 5.53. The van der Waals surface area contributed by atoms with Crippen LogP contribution in [0.1, 0.15) is 17.7 Å². The van der Waals surface area contributed by atoms with Crippen LogP contribution in [-0.2, 0) is 21.7 Å². The lowest BCUT2D eigenvalue weighted by molar-refractivity contribution is -0.126. The number of aryl methyl sites for hydroxylation is 1. The van der Waals surface area contributed by atoms with E-state index in [0.29, 0.717) is 25.9 Å². The zero-order chi connectivity index (χ0) is 17.2. The van der Waals surface area contributed by atoms with Gasteiger partial charge in [0.15, 0.2) is 0 Å². The Morgan fingerprint density at radius 3 is 2.71 bits per heavy atom. The van der Waals surface area contributed by atoms with Gasteiger partial charge in [-0.3, -0.25) is 4.79 Å². The van der Waals surface area contributed by atoms with E-state index in [2.05, 4.69) is 10.2 Å². The average molecular weight is 366 g/mol. The first-order valence-electron chi connectivity index (χ1n) is 7.57. The van der Waals surface area contributed by atoms with Gasteiger partial charge in [-0.1, -0.05) is 6.07 Å². The number of rotatable bonds is 4. The second-order valence-corrected chi connectivity index (χ2v) is 8.74. The normalized spacial score (nSPS) is 16.8. The van der Waals surface area contributed by atoms with Crippen molar-refractivity contribution in [1.29, 1.82) is 0 Å². The van der Waals surface area contributed by atoms with E-state index in [1.54, 1.807) is 35.4 Å². The monoisotopic (exact) mass is 366 g/mol. The molecular weight excluding hydrogens is 348 g/mol. The van der Waals surface area contributed by atoms with Crippen LogP contribution in [0.3, 0.4) is 0 Å². The van der Waals surface area contributed by atoms with Crippen LogP contribution < -0.4 is 0 Å². The molecule has 24 heavy (non-hydrogen) atoms. The number of hydrogen-bond acceptors (Lipinski definition) is 6. The molecule has 9 heteroatoms.